The van der Waals surface area contributed by atoms with Crippen molar-refractivity contribution in [2.75, 3.05) is 5.32 Å². The number of halogens is 1. The van der Waals surface area contributed by atoms with E-state index in [1.807, 2.05) is 45.0 Å². The molecule has 1 amide bonds. The zero-order valence-corrected chi connectivity index (χ0v) is 21.6. The number of nitrogens with one attached hydrogen (secondary N) is 3. The zero-order valence-electron chi connectivity index (χ0n) is 21.6. The van der Waals surface area contributed by atoms with Gasteiger partial charge in [-0.25, -0.2) is 14.4 Å². The second kappa shape index (κ2) is 9.39. The number of nitrogens with zero attached hydrogens (tertiary/aromatic N) is 5. The molecular weight excluding hydrogens is 495 g/mol. The Morgan fingerprint density at radius 3 is 2.62 bits per heavy atom. The summed E-state index contributed by atoms with van der Waals surface area (Å²) in [6.07, 6.45) is 5.37. The minimum atomic E-state index is -0.343. The van der Waals surface area contributed by atoms with Crippen molar-refractivity contribution in [2.45, 2.75) is 27.2 Å². The molecule has 6 aromatic rings. The van der Waals surface area contributed by atoms with Crippen molar-refractivity contribution >= 4 is 33.7 Å². The number of rotatable bonds is 5. The van der Waals surface area contributed by atoms with E-state index in [1.165, 1.54) is 12.1 Å². The molecule has 9 nitrogen and oxygen atoms in total. The highest BCUT2D eigenvalue weighted by Gasteiger charge is 2.19. The van der Waals surface area contributed by atoms with Crippen molar-refractivity contribution in [3.05, 3.63) is 72.9 Å². The molecule has 0 bridgehead atoms. The normalized spacial score (nSPS) is 11.8. The molecule has 0 fully saturated rings. The van der Waals surface area contributed by atoms with Gasteiger partial charge in [0, 0.05) is 29.9 Å². The number of carbonyl (C=O) groups is 1. The summed E-state index contributed by atoms with van der Waals surface area (Å²) in [5, 5.41) is 10.4. The van der Waals surface area contributed by atoms with Gasteiger partial charge in [-0.2, -0.15) is 5.10 Å². The van der Waals surface area contributed by atoms with Gasteiger partial charge in [-0.05, 0) is 41.8 Å². The molecule has 10 heteroatoms. The molecule has 0 aliphatic carbocycles. The van der Waals surface area contributed by atoms with Crippen LogP contribution in [-0.2, 0) is 4.79 Å². The average Bonchev–Trinajstić information content (AvgIpc) is 3.51. The van der Waals surface area contributed by atoms with Gasteiger partial charge in [-0.15, -0.1) is 0 Å². The molecule has 0 aliphatic rings. The van der Waals surface area contributed by atoms with Gasteiger partial charge in [0.1, 0.15) is 16.9 Å². The summed E-state index contributed by atoms with van der Waals surface area (Å²) in [6, 6.07) is 13.7. The quantitative estimate of drug-likeness (QED) is 0.251. The third kappa shape index (κ3) is 4.96. The Balaban J connectivity index is 1.37. The fourth-order valence-corrected chi connectivity index (χ4v) is 4.45. The lowest BCUT2D eigenvalue weighted by Crippen LogP contribution is -2.19. The molecule has 0 unspecified atom stereocenters. The van der Waals surface area contributed by atoms with E-state index in [-0.39, 0.29) is 17.1 Å². The van der Waals surface area contributed by atoms with Crippen molar-refractivity contribution in [1.82, 2.24) is 35.1 Å². The van der Waals surface area contributed by atoms with Gasteiger partial charge in [0.05, 0.1) is 34.3 Å². The fraction of sp³-hybridized carbons (Fsp3) is 0.172. The van der Waals surface area contributed by atoms with Crippen molar-refractivity contribution in [1.29, 1.82) is 0 Å². The van der Waals surface area contributed by atoms with Crippen molar-refractivity contribution in [2.24, 2.45) is 5.41 Å². The Kier molecular flexibility index (Phi) is 5.86. The standard InChI is InChI=1S/C29H25FN8O/c1-29(2,3)13-23(39)33-19-12-17(14-31-15-19)20-7-8-22-26(34-20)27(38-37-22)28-35-21-9-10-32-24(25(21)36-28)16-5-4-6-18(30)11-16/h4-12,14-15H,13H2,1-3H3,(H,33,39)(H,35,36)(H,37,38). The second-order valence-corrected chi connectivity index (χ2v) is 10.6. The molecule has 0 spiro atoms. The Labute approximate surface area is 223 Å². The smallest absolute Gasteiger partial charge is 0.224 e. The highest BCUT2D eigenvalue weighted by Crippen LogP contribution is 2.31. The van der Waals surface area contributed by atoms with Crippen LogP contribution in [-0.4, -0.2) is 41.0 Å². The van der Waals surface area contributed by atoms with Crippen LogP contribution in [0.5, 0.6) is 0 Å². The third-order valence-corrected chi connectivity index (χ3v) is 6.14. The monoisotopic (exact) mass is 520 g/mol. The van der Waals surface area contributed by atoms with E-state index in [1.54, 1.807) is 30.7 Å². The van der Waals surface area contributed by atoms with Crippen LogP contribution in [0.25, 0.3) is 56.1 Å². The van der Waals surface area contributed by atoms with Crippen LogP contribution in [0.4, 0.5) is 10.1 Å². The molecular formula is C29H25FN8O. The van der Waals surface area contributed by atoms with Gasteiger partial charge in [0.2, 0.25) is 5.91 Å². The van der Waals surface area contributed by atoms with Crippen LogP contribution in [0, 0.1) is 11.2 Å². The van der Waals surface area contributed by atoms with Gasteiger partial charge in [-0.3, -0.25) is 19.9 Å². The second-order valence-electron chi connectivity index (χ2n) is 10.6. The lowest BCUT2D eigenvalue weighted by atomic mass is 9.92. The molecule has 0 radical (unpaired) electrons. The van der Waals surface area contributed by atoms with E-state index in [4.69, 9.17) is 9.97 Å². The number of aromatic nitrogens is 7. The molecule has 194 valence electrons. The summed E-state index contributed by atoms with van der Waals surface area (Å²) in [6.45, 7) is 6.05. The number of carbonyl (C=O) groups excluding carboxylic acids is 1. The predicted molar refractivity (Wildman–Crippen MR) is 148 cm³/mol. The number of benzene rings is 1. The van der Waals surface area contributed by atoms with Gasteiger partial charge in [0.25, 0.3) is 0 Å². The summed E-state index contributed by atoms with van der Waals surface area (Å²) in [5.74, 6) is 0.0938. The predicted octanol–water partition coefficient (Wildman–Crippen LogP) is 6.14. The molecule has 5 aromatic heterocycles. The van der Waals surface area contributed by atoms with Gasteiger partial charge < -0.3 is 10.3 Å². The molecule has 6 rings (SSSR count). The number of amides is 1. The number of pyridine rings is 3. The fourth-order valence-electron chi connectivity index (χ4n) is 4.45. The maximum absolute atomic E-state index is 13.9. The highest BCUT2D eigenvalue weighted by molar-refractivity contribution is 5.95. The number of hydrogen-bond donors (Lipinski definition) is 3. The van der Waals surface area contributed by atoms with Crippen LogP contribution >= 0.6 is 0 Å². The molecule has 5 heterocycles. The molecule has 3 N–H and O–H groups in total. The molecule has 39 heavy (non-hydrogen) atoms. The topological polar surface area (TPSA) is 125 Å². The number of H-pyrrole nitrogens is 2. The number of anilines is 1. The minimum Gasteiger partial charge on any atom is -0.336 e. The average molecular weight is 521 g/mol. The van der Waals surface area contributed by atoms with Crippen LogP contribution < -0.4 is 5.32 Å². The van der Waals surface area contributed by atoms with Crippen LogP contribution in [0.1, 0.15) is 27.2 Å². The Morgan fingerprint density at radius 2 is 1.79 bits per heavy atom. The van der Waals surface area contributed by atoms with Gasteiger partial charge in [-0.1, -0.05) is 32.9 Å². The Bertz CT molecular complexity index is 1850. The van der Waals surface area contributed by atoms with Gasteiger partial charge in [0.15, 0.2) is 11.5 Å². The summed E-state index contributed by atoms with van der Waals surface area (Å²) >= 11 is 0. The number of imidazole rings is 1. The van der Waals surface area contributed by atoms with E-state index >= 15 is 0 Å². The summed E-state index contributed by atoms with van der Waals surface area (Å²) in [5.41, 5.74) is 6.35. The largest absolute Gasteiger partial charge is 0.336 e. The third-order valence-electron chi connectivity index (χ3n) is 6.14. The molecule has 0 aliphatic heterocycles. The highest BCUT2D eigenvalue weighted by atomic mass is 19.1. The van der Waals surface area contributed by atoms with Crippen molar-refractivity contribution in [3.63, 3.8) is 0 Å². The first-order valence-electron chi connectivity index (χ1n) is 12.4. The van der Waals surface area contributed by atoms with Crippen molar-refractivity contribution in [3.8, 4) is 34.0 Å². The van der Waals surface area contributed by atoms with Gasteiger partial charge >= 0.3 is 0 Å². The van der Waals surface area contributed by atoms with Crippen molar-refractivity contribution < 1.29 is 9.18 Å². The van der Waals surface area contributed by atoms with E-state index in [0.29, 0.717) is 51.6 Å². The Morgan fingerprint density at radius 1 is 0.949 bits per heavy atom. The first-order valence-corrected chi connectivity index (χ1v) is 12.4. The summed E-state index contributed by atoms with van der Waals surface area (Å²) in [4.78, 5) is 34.1. The number of fused-ring (bicyclic) bond motifs is 2. The molecule has 0 saturated heterocycles. The van der Waals surface area contributed by atoms with E-state index in [2.05, 4.69) is 30.5 Å². The molecule has 0 atom stereocenters. The number of aromatic amines is 2. The van der Waals surface area contributed by atoms with E-state index < -0.39 is 0 Å². The maximum atomic E-state index is 13.9. The van der Waals surface area contributed by atoms with Crippen LogP contribution in [0.2, 0.25) is 0 Å². The lowest BCUT2D eigenvalue weighted by Gasteiger charge is -2.17. The van der Waals surface area contributed by atoms with E-state index in [0.717, 1.165) is 16.6 Å². The first-order chi connectivity index (χ1) is 18.7. The first kappa shape index (κ1) is 24.4. The molecule has 0 saturated carbocycles. The Hall–Kier alpha value is -4.99. The molecule has 1 aromatic carbocycles. The van der Waals surface area contributed by atoms with Crippen LogP contribution in [0.15, 0.2) is 67.1 Å². The lowest BCUT2D eigenvalue weighted by molar-refractivity contribution is -0.117. The summed E-state index contributed by atoms with van der Waals surface area (Å²) in [7, 11) is 0. The minimum absolute atomic E-state index is 0.0704. The van der Waals surface area contributed by atoms with E-state index in [9.17, 15) is 9.18 Å². The summed E-state index contributed by atoms with van der Waals surface area (Å²) < 4.78 is 13.9. The maximum Gasteiger partial charge on any atom is 0.224 e. The zero-order chi connectivity index (χ0) is 27.1. The number of hydrogen-bond acceptors (Lipinski definition) is 6. The van der Waals surface area contributed by atoms with Crippen LogP contribution in [0.3, 0.4) is 0 Å². The SMILES string of the molecule is CC(C)(C)CC(=O)Nc1cncc(-c2ccc3[nH]nc(-c4nc5c(-c6cccc(F)c6)nccc5[nH]4)c3n2)c1.